The average Bonchev–Trinajstić information content (AvgIpc) is 2.94. The zero-order valence-electron chi connectivity index (χ0n) is 12.5. The van der Waals surface area contributed by atoms with Crippen LogP contribution >= 0.6 is 0 Å². The maximum atomic E-state index is 5.93. The molecule has 4 rings (SSSR count). The van der Waals surface area contributed by atoms with Gasteiger partial charge >= 0.3 is 0 Å². The predicted molar refractivity (Wildman–Crippen MR) is 88.2 cm³/mol. The van der Waals surface area contributed by atoms with Crippen LogP contribution in [-0.4, -0.2) is 12.1 Å². The number of rotatable bonds is 2. The van der Waals surface area contributed by atoms with E-state index in [1.807, 2.05) is 48.5 Å². The Hall–Kier alpha value is -2.81. The first-order chi connectivity index (χ1) is 10.8. The highest BCUT2D eigenvalue weighted by Crippen LogP contribution is 2.32. The van der Waals surface area contributed by atoms with Crippen molar-refractivity contribution in [3.05, 3.63) is 60.2 Å². The molecule has 2 aromatic heterocycles. The molecular formula is C19H15NO2. The number of methoxy groups -OCH3 is 1. The molecule has 0 radical (unpaired) electrons. The molecule has 0 saturated carbocycles. The number of hydrogen-bond acceptors (Lipinski definition) is 3. The molecule has 0 atom stereocenters. The van der Waals surface area contributed by atoms with Crippen molar-refractivity contribution in [2.24, 2.45) is 0 Å². The summed E-state index contributed by atoms with van der Waals surface area (Å²) < 4.78 is 11.2. The van der Waals surface area contributed by atoms with Crippen LogP contribution in [0, 0.1) is 6.92 Å². The Morgan fingerprint density at radius 2 is 1.86 bits per heavy atom. The van der Waals surface area contributed by atoms with Crippen LogP contribution in [0.1, 0.15) is 5.56 Å². The Morgan fingerprint density at radius 1 is 1.00 bits per heavy atom. The molecule has 22 heavy (non-hydrogen) atoms. The van der Waals surface area contributed by atoms with Gasteiger partial charge in [0, 0.05) is 10.9 Å². The van der Waals surface area contributed by atoms with Crippen molar-refractivity contribution in [2.45, 2.75) is 6.92 Å². The Labute approximate surface area is 128 Å². The molecule has 0 spiro atoms. The van der Waals surface area contributed by atoms with E-state index in [4.69, 9.17) is 14.1 Å². The summed E-state index contributed by atoms with van der Waals surface area (Å²) in [6.45, 7) is 2.05. The van der Waals surface area contributed by atoms with Gasteiger partial charge in [-0.3, -0.25) is 0 Å². The highest BCUT2D eigenvalue weighted by atomic mass is 16.5. The van der Waals surface area contributed by atoms with Crippen LogP contribution in [0.25, 0.3) is 33.3 Å². The van der Waals surface area contributed by atoms with Crippen molar-refractivity contribution in [1.29, 1.82) is 0 Å². The van der Waals surface area contributed by atoms with Crippen molar-refractivity contribution in [3.8, 4) is 17.0 Å². The summed E-state index contributed by atoms with van der Waals surface area (Å²) in [5.74, 6) is 0.828. The normalized spacial score (nSPS) is 11.2. The first-order valence-electron chi connectivity index (χ1n) is 7.19. The topological polar surface area (TPSA) is 35.3 Å². The van der Waals surface area contributed by atoms with Crippen LogP contribution in [0.4, 0.5) is 0 Å². The minimum absolute atomic E-state index is 0.828. The van der Waals surface area contributed by atoms with Gasteiger partial charge in [-0.2, -0.15) is 0 Å². The van der Waals surface area contributed by atoms with E-state index in [-0.39, 0.29) is 0 Å². The number of furan rings is 1. The number of hydrogen-bond donors (Lipinski definition) is 0. The van der Waals surface area contributed by atoms with Crippen LogP contribution < -0.4 is 4.74 Å². The van der Waals surface area contributed by atoms with Gasteiger partial charge < -0.3 is 9.15 Å². The monoisotopic (exact) mass is 289 g/mol. The summed E-state index contributed by atoms with van der Waals surface area (Å²) in [4.78, 5) is 4.82. The van der Waals surface area contributed by atoms with E-state index in [0.717, 1.165) is 44.6 Å². The number of aromatic nitrogens is 1. The third kappa shape index (κ3) is 1.94. The molecular weight excluding hydrogens is 274 g/mol. The fourth-order valence-corrected chi connectivity index (χ4v) is 2.76. The van der Waals surface area contributed by atoms with E-state index in [2.05, 4.69) is 13.0 Å². The Bertz CT molecular complexity index is 985. The predicted octanol–water partition coefficient (Wildman–Crippen LogP) is 4.97. The van der Waals surface area contributed by atoms with E-state index in [1.165, 1.54) is 0 Å². The third-order valence-corrected chi connectivity index (χ3v) is 3.88. The SMILES string of the molecule is COc1cccc(-c2cc(C)c3oc4ccccc4c3n2)c1. The second-order valence-electron chi connectivity index (χ2n) is 5.33. The summed E-state index contributed by atoms with van der Waals surface area (Å²) in [6.07, 6.45) is 0. The molecule has 2 aromatic carbocycles. The lowest BCUT2D eigenvalue weighted by Crippen LogP contribution is -1.88. The maximum absolute atomic E-state index is 5.93. The second-order valence-corrected chi connectivity index (χ2v) is 5.33. The number of benzene rings is 2. The highest BCUT2D eigenvalue weighted by Gasteiger charge is 2.12. The van der Waals surface area contributed by atoms with E-state index < -0.39 is 0 Å². The molecule has 0 aliphatic rings. The number of ether oxygens (including phenoxy) is 1. The molecule has 0 saturated heterocycles. The van der Waals surface area contributed by atoms with Gasteiger partial charge in [0.15, 0.2) is 5.58 Å². The lowest BCUT2D eigenvalue weighted by Gasteiger charge is -2.05. The van der Waals surface area contributed by atoms with Gasteiger partial charge in [0.05, 0.1) is 12.8 Å². The number of aryl methyl sites for hydroxylation is 1. The van der Waals surface area contributed by atoms with E-state index in [0.29, 0.717) is 0 Å². The summed E-state index contributed by atoms with van der Waals surface area (Å²) in [6, 6.07) is 18.0. The Balaban J connectivity index is 2.00. The molecule has 0 bridgehead atoms. The van der Waals surface area contributed by atoms with Gasteiger partial charge in [0.2, 0.25) is 0 Å². The number of nitrogens with zero attached hydrogens (tertiary/aromatic N) is 1. The summed E-state index contributed by atoms with van der Waals surface area (Å²) in [5.41, 5.74) is 5.68. The lowest BCUT2D eigenvalue weighted by molar-refractivity contribution is 0.415. The zero-order valence-corrected chi connectivity index (χ0v) is 12.5. The fourth-order valence-electron chi connectivity index (χ4n) is 2.76. The molecule has 0 fully saturated rings. The number of para-hydroxylation sites is 1. The minimum Gasteiger partial charge on any atom is -0.497 e. The van der Waals surface area contributed by atoms with Gasteiger partial charge in [0.25, 0.3) is 0 Å². The van der Waals surface area contributed by atoms with Crippen molar-refractivity contribution >= 4 is 22.1 Å². The molecule has 3 nitrogen and oxygen atoms in total. The second kappa shape index (κ2) is 4.88. The summed E-state index contributed by atoms with van der Waals surface area (Å²) in [5, 5.41) is 1.05. The molecule has 0 unspecified atom stereocenters. The summed E-state index contributed by atoms with van der Waals surface area (Å²) in [7, 11) is 1.67. The standard InChI is InChI=1S/C19H15NO2/c1-12-10-16(13-6-5-7-14(11-13)21-2)20-18-15-8-3-4-9-17(15)22-19(12)18/h3-11H,1-2H3. The van der Waals surface area contributed by atoms with Gasteiger partial charge in [-0.1, -0.05) is 24.3 Å². The summed E-state index contributed by atoms with van der Waals surface area (Å²) >= 11 is 0. The molecule has 108 valence electrons. The largest absolute Gasteiger partial charge is 0.497 e. The maximum Gasteiger partial charge on any atom is 0.156 e. The molecule has 4 aromatic rings. The quantitative estimate of drug-likeness (QED) is 0.523. The van der Waals surface area contributed by atoms with Crippen LogP contribution in [0.2, 0.25) is 0 Å². The smallest absolute Gasteiger partial charge is 0.156 e. The van der Waals surface area contributed by atoms with Crippen molar-refractivity contribution in [2.75, 3.05) is 7.11 Å². The van der Waals surface area contributed by atoms with Crippen LogP contribution in [0.15, 0.2) is 59.0 Å². The van der Waals surface area contributed by atoms with Crippen molar-refractivity contribution in [3.63, 3.8) is 0 Å². The van der Waals surface area contributed by atoms with Crippen molar-refractivity contribution < 1.29 is 9.15 Å². The molecule has 0 amide bonds. The van der Waals surface area contributed by atoms with Crippen LogP contribution in [-0.2, 0) is 0 Å². The molecule has 0 N–H and O–H groups in total. The fraction of sp³-hybridized carbons (Fsp3) is 0.105. The van der Waals surface area contributed by atoms with Crippen LogP contribution in [0.5, 0.6) is 5.75 Å². The lowest BCUT2D eigenvalue weighted by atomic mass is 10.1. The van der Waals surface area contributed by atoms with Crippen LogP contribution in [0.3, 0.4) is 0 Å². The highest BCUT2D eigenvalue weighted by molar-refractivity contribution is 6.04. The van der Waals surface area contributed by atoms with Crippen molar-refractivity contribution in [1.82, 2.24) is 4.98 Å². The van der Waals surface area contributed by atoms with E-state index in [1.54, 1.807) is 7.11 Å². The van der Waals surface area contributed by atoms with Gasteiger partial charge in [0.1, 0.15) is 16.8 Å². The molecule has 0 aliphatic heterocycles. The Kier molecular flexibility index (Phi) is 2.86. The number of fused-ring (bicyclic) bond motifs is 3. The van der Waals surface area contributed by atoms with Gasteiger partial charge in [-0.05, 0) is 42.8 Å². The first-order valence-corrected chi connectivity index (χ1v) is 7.19. The zero-order chi connectivity index (χ0) is 15.1. The van der Waals surface area contributed by atoms with E-state index >= 15 is 0 Å². The van der Waals surface area contributed by atoms with Gasteiger partial charge in [-0.25, -0.2) is 4.98 Å². The minimum atomic E-state index is 0.828. The van der Waals surface area contributed by atoms with E-state index in [9.17, 15) is 0 Å². The van der Waals surface area contributed by atoms with Gasteiger partial charge in [-0.15, -0.1) is 0 Å². The average molecular weight is 289 g/mol. The third-order valence-electron chi connectivity index (χ3n) is 3.88. The molecule has 3 heteroatoms. The Morgan fingerprint density at radius 3 is 2.73 bits per heavy atom. The molecule has 2 heterocycles. The molecule has 0 aliphatic carbocycles. The first kappa shape index (κ1) is 12.9. The number of pyridine rings is 1.